The van der Waals surface area contributed by atoms with E-state index in [0.717, 1.165) is 10.4 Å². The monoisotopic (exact) mass is 353 g/mol. The summed E-state index contributed by atoms with van der Waals surface area (Å²) in [7, 11) is -2.69. The average Bonchev–Trinajstić information content (AvgIpc) is 2.95. The van der Waals surface area contributed by atoms with E-state index in [1.807, 2.05) is 36.4 Å². The smallest absolute Gasteiger partial charge is 0.261 e. The first kappa shape index (κ1) is 16.3. The second kappa shape index (κ2) is 6.98. The van der Waals surface area contributed by atoms with E-state index in [0.29, 0.717) is 0 Å². The molecule has 1 aliphatic heterocycles. The van der Waals surface area contributed by atoms with Gasteiger partial charge in [-0.05, 0) is 15.4 Å². The normalized spacial score (nSPS) is 18.5. The Bertz CT molecular complexity index is 758. The molecule has 0 saturated heterocycles. The first-order valence-corrected chi connectivity index (χ1v) is 10.4. The van der Waals surface area contributed by atoms with Crippen molar-refractivity contribution in [3.05, 3.63) is 73.0 Å². The van der Waals surface area contributed by atoms with E-state index < -0.39 is 14.4 Å². The van der Waals surface area contributed by atoms with Crippen LogP contribution in [0.5, 0.6) is 0 Å². The second-order valence-corrected chi connectivity index (χ2v) is 11.5. The lowest BCUT2D eigenvalue weighted by molar-refractivity contribution is -0.121. The highest BCUT2D eigenvalue weighted by Crippen LogP contribution is 2.37. The molecule has 0 saturated carbocycles. The van der Waals surface area contributed by atoms with Crippen LogP contribution >= 0.6 is 0 Å². The minimum absolute atomic E-state index is 0.0963. The molecule has 25 heavy (non-hydrogen) atoms. The minimum Gasteiger partial charge on any atom is -0.487 e. The van der Waals surface area contributed by atoms with Crippen LogP contribution in [0, 0.1) is 0 Å². The number of ketones is 1. The summed E-state index contributed by atoms with van der Waals surface area (Å²) >= 11 is 0. The molecule has 0 bridgehead atoms. The average molecular weight is 354 g/mol. The quantitative estimate of drug-likeness (QED) is 0.775. The van der Waals surface area contributed by atoms with Crippen molar-refractivity contribution < 1.29 is 15.3 Å². The Morgan fingerprint density at radius 2 is 1.56 bits per heavy atom. The summed E-state index contributed by atoms with van der Waals surface area (Å²) < 4.78 is 19.6. The minimum atomic E-state index is -2.69. The van der Waals surface area contributed by atoms with Gasteiger partial charge >= 0.3 is 0 Å². The molecule has 0 amide bonds. The Balaban J connectivity index is 2.05. The zero-order valence-electron chi connectivity index (χ0n) is 15.9. The van der Waals surface area contributed by atoms with Crippen molar-refractivity contribution in [1.29, 1.82) is 0 Å². The highest BCUT2D eigenvalue weighted by Gasteiger charge is 2.50. The number of ether oxygens (including phenoxy) is 1. The molecule has 0 aliphatic carbocycles. The number of carbonyl (C=O) groups is 1. The summed E-state index contributed by atoms with van der Waals surface area (Å²) in [6.07, 6.45) is 0.478. The molecule has 130 valence electrons. The summed E-state index contributed by atoms with van der Waals surface area (Å²) in [5.41, 5.74) is 0. The van der Waals surface area contributed by atoms with Gasteiger partial charge in [0.05, 0.1) is 14.2 Å². The molecule has 3 rings (SSSR count). The molecule has 3 nitrogen and oxygen atoms in total. The van der Waals surface area contributed by atoms with E-state index in [4.69, 9.17) is 10.5 Å². The maximum atomic E-state index is 12.1. The van der Waals surface area contributed by atoms with E-state index in [-0.39, 0.29) is 23.5 Å². The van der Waals surface area contributed by atoms with Crippen LogP contribution < -0.4 is 10.4 Å². The number of rotatable bonds is 5. The lowest BCUT2D eigenvalue weighted by Crippen LogP contribution is -2.67. The number of hydrogen-bond donors (Lipinski definition) is 0. The molecule has 0 unspecified atom stereocenters. The standard InChI is InChI=1S/C21H24O3Si/c1-21(2,3)25(17-10-6-4-7-11-17,18-12-8-5-9-13-18)24-16-20-19(22)14-15-23-20/h4-15,20H,16H2,1-3H3/t20-/m1/s1/i14D. The molecule has 1 heterocycles. The van der Waals surface area contributed by atoms with Gasteiger partial charge in [0.1, 0.15) is 0 Å². The Kier molecular flexibility index (Phi) is 4.55. The van der Waals surface area contributed by atoms with Crippen LogP contribution in [0.2, 0.25) is 5.04 Å². The second-order valence-electron chi connectivity index (χ2n) is 7.23. The topological polar surface area (TPSA) is 35.5 Å². The number of hydrogen-bond acceptors (Lipinski definition) is 3. The van der Waals surface area contributed by atoms with Gasteiger partial charge in [0.25, 0.3) is 8.32 Å². The van der Waals surface area contributed by atoms with Crippen molar-refractivity contribution in [1.82, 2.24) is 0 Å². The third-order valence-corrected chi connectivity index (χ3v) is 9.60. The van der Waals surface area contributed by atoms with Gasteiger partial charge in [0.15, 0.2) is 6.10 Å². The number of carbonyl (C=O) groups excluding carboxylic acids is 1. The molecule has 0 aromatic heterocycles. The molecule has 1 atom stereocenters. The summed E-state index contributed by atoms with van der Waals surface area (Å²) in [5.74, 6) is -0.317. The fourth-order valence-corrected chi connectivity index (χ4v) is 7.96. The Labute approximate surface area is 151 Å². The van der Waals surface area contributed by atoms with Crippen LogP contribution in [0.25, 0.3) is 0 Å². The van der Waals surface area contributed by atoms with Crippen LogP contribution in [0.1, 0.15) is 22.1 Å². The Morgan fingerprint density at radius 1 is 1.04 bits per heavy atom. The third kappa shape index (κ3) is 3.32. The van der Waals surface area contributed by atoms with Crippen LogP contribution in [0.15, 0.2) is 73.0 Å². The zero-order chi connectivity index (χ0) is 18.8. The lowest BCUT2D eigenvalue weighted by Gasteiger charge is -2.43. The zero-order valence-corrected chi connectivity index (χ0v) is 15.9. The van der Waals surface area contributed by atoms with Crippen LogP contribution in [-0.2, 0) is 14.0 Å². The third-order valence-electron chi connectivity index (χ3n) is 4.59. The maximum absolute atomic E-state index is 12.1. The van der Waals surface area contributed by atoms with Crippen molar-refractivity contribution in [2.75, 3.05) is 6.61 Å². The van der Waals surface area contributed by atoms with Crippen LogP contribution in [0.4, 0.5) is 0 Å². The van der Waals surface area contributed by atoms with Crippen molar-refractivity contribution in [2.45, 2.75) is 31.9 Å². The first-order chi connectivity index (χ1) is 12.4. The first-order valence-electron chi connectivity index (χ1n) is 8.98. The van der Waals surface area contributed by atoms with Crippen molar-refractivity contribution in [3.63, 3.8) is 0 Å². The highest BCUT2D eigenvalue weighted by molar-refractivity contribution is 6.99. The summed E-state index contributed by atoms with van der Waals surface area (Å²) in [4.78, 5) is 12.1. The fraction of sp³-hybridized carbons (Fsp3) is 0.286. The lowest BCUT2D eigenvalue weighted by atomic mass is 10.2. The van der Waals surface area contributed by atoms with Gasteiger partial charge in [0.2, 0.25) is 5.78 Å². The van der Waals surface area contributed by atoms with E-state index >= 15 is 0 Å². The van der Waals surface area contributed by atoms with Crippen molar-refractivity contribution >= 4 is 24.5 Å². The Hall–Kier alpha value is -2.17. The van der Waals surface area contributed by atoms with Gasteiger partial charge < -0.3 is 9.16 Å². The predicted molar refractivity (Wildman–Crippen MR) is 103 cm³/mol. The highest BCUT2D eigenvalue weighted by atomic mass is 28.4. The van der Waals surface area contributed by atoms with Crippen LogP contribution in [-0.4, -0.2) is 26.8 Å². The molecular formula is C21H24O3Si. The molecular weight excluding hydrogens is 328 g/mol. The van der Waals surface area contributed by atoms with Gasteiger partial charge in [-0.3, -0.25) is 4.79 Å². The van der Waals surface area contributed by atoms with Gasteiger partial charge in [-0.25, -0.2) is 0 Å². The van der Waals surface area contributed by atoms with Gasteiger partial charge in [-0.15, -0.1) is 0 Å². The van der Waals surface area contributed by atoms with E-state index in [1.54, 1.807) is 0 Å². The van der Waals surface area contributed by atoms with E-state index in [1.165, 1.54) is 6.26 Å². The maximum Gasteiger partial charge on any atom is 0.261 e. The van der Waals surface area contributed by atoms with E-state index in [2.05, 4.69) is 45.0 Å². The number of benzene rings is 2. The van der Waals surface area contributed by atoms with Gasteiger partial charge in [0, 0.05) is 6.05 Å². The predicted octanol–water partition coefficient (Wildman–Crippen LogP) is 3.04. The van der Waals surface area contributed by atoms with Gasteiger partial charge in [-0.1, -0.05) is 81.4 Å². The molecule has 0 fully saturated rings. The van der Waals surface area contributed by atoms with Gasteiger partial charge in [-0.2, -0.15) is 0 Å². The summed E-state index contributed by atoms with van der Waals surface area (Å²) in [5, 5.41) is 2.15. The Morgan fingerprint density at radius 3 is 1.96 bits per heavy atom. The van der Waals surface area contributed by atoms with Crippen LogP contribution in [0.3, 0.4) is 0 Å². The fourth-order valence-electron chi connectivity index (χ4n) is 3.41. The molecule has 0 radical (unpaired) electrons. The molecule has 4 heteroatoms. The molecule has 0 N–H and O–H groups in total. The largest absolute Gasteiger partial charge is 0.487 e. The molecule has 0 spiro atoms. The SMILES string of the molecule is [2H]C1=CO[C@H](CO[Si](c2ccccc2)(c2ccccc2)C(C)(C)C)C1=O. The summed E-state index contributed by atoms with van der Waals surface area (Å²) in [6.45, 7) is 6.70. The molecule has 2 aromatic carbocycles. The van der Waals surface area contributed by atoms with Crippen molar-refractivity contribution in [3.8, 4) is 0 Å². The molecule has 1 aliphatic rings. The summed E-state index contributed by atoms with van der Waals surface area (Å²) in [6, 6.07) is 20.4. The molecule has 2 aromatic rings. The van der Waals surface area contributed by atoms with E-state index in [9.17, 15) is 4.79 Å². The van der Waals surface area contributed by atoms with Crippen molar-refractivity contribution in [2.24, 2.45) is 0 Å².